The van der Waals surface area contributed by atoms with Crippen LogP contribution in [-0.2, 0) is 23.9 Å². The molecule has 0 rings (SSSR count). The number of aliphatic hydroxyl groups is 1. The summed E-state index contributed by atoms with van der Waals surface area (Å²) in [5, 5.41) is 9.19. The van der Waals surface area contributed by atoms with Crippen LogP contribution in [0, 0.1) is 0 Å². The SMILES string of the molecule is CC(=O)OC(C)(C=O)C(C)(CO)OC(C)=O. The summed E-state index contributed by atoms with van der Waals surface area (Å²) in [7, 11) is 0. The smallest absolute Gasteiger partial charge is 0.303 e. The van der Waals surface area contributed by atoms with Gasteiger partial charge in [0.15, 0.2) is 11.9 Å². The number of ether oxygens (including phenoxy) is 2. The van der Waals surface area contributed by atoms with Crippen molar-refractivity contribution in [2.75, 3.05) is 6.61 Å². The van der Waals surface area contributed by atoms with Gasteiger partial charge in [0, 0.05) is 13.8 Å². The molecule has 2 unspecified atom stereocenters. The number of rotatable bonds is 5. The molecule has 6 heteroatoms. The van der Waals surface area contributed by atoms with Gasteiger partial charge in [-0.2, -0.15) is 0 Å². The van der Waals surface area contributed by atoms with E-state index in [0.717, 1.165) is 13.8 Å². The molecule has 0 aromatic heterocycles. The van der Waals surface area contributed by atoms with Crippen molar-refractivity contribution in [1.29, 1.82) is 0 Å². The Bertz CT molecular complexity index is 300. The number of aliphatic hydroxyl groups excluding tert-OH is 1. The summed E-state index contributed by atoms with van der Waals surface area (Å²) in [6.07, 6.45) is 0.327. The predicted molar refractivity (Wildman–Crippen MR) is 53.5 cm³/mol. The van der Waals surface area contributed by atoms with Crippen molar-refractivity contribution in [2.45, 2.75) is 38.9 Å². The van der Waals surface area contributed by atoms with Crippen molar-refractivity contribution in [3.05, 3.63) is 0 Å². The molecule has 0 aromatic carbocycles. The third-order valence-corrected chi connectivity index (χ3v) is 2.30. The van der Waals surface area contributed by atoms with E-state index in [1.807, 2.05) is 0 Å². The van der Waals surface area contributed by atoms with Crippen molar-refractivity contribution in [1.82, 2.24) is 0 Å². The molecule has 0 aliphatic rings. The number of carbonyl (C=O) groups is 3. The molecule has 6 nitrogen and oxygen atoms in total. The van der Waals surface area contributed by atoms with Crippen LogP contribution in [0.3, 0.4) is 0 Å². The molecule has 0 bridgehead atoms. The van der Waals surface area contributed by atoms with Gasteiger partial charge in [0.05, 0.1) is 6.61 Å². The lowest BCUT2D eigenvalue weighted by molar-refractivity contribution is -0.207. The molecule has 0 radical (unpaired) electrons. The highest BCUT2D eigenvalue weighted by Gasteiger charge is 2.50. The Morgan fingerprint density at radius 3 is 1.88 bits per heavy atom. The van der Waals surface area contributed by atoms with Gasteiger partial charge in [0.25, 0.3) is 0 Å². The van der Waals surface area contributed by atoms with Crippen LogP contribution < -0.4 is 0 Å². The Labute approximate surface area is 93.5 Å². The molecule has 0 spiro atoms. The minimum absolute atomic E-state index is 0.327. The molecule has 0 saturated carbocycles. The first-order valence-corrected chi connectivity index (χ1v) is 4.67. The van der Waals surface area contributed by atoms with E-state index >= 15 is 0 Å². The van der Waals surface area contributed by atoms with E-state index < -0.39 is 29.7 Å². The first kappa shape index (κ1) is 14.6. The Morgan fingerprint density at radius 2 is 1.62 bits per heavy atom. The second-order valence-corrected chi connectivity index (χ2v) is 3.80. The van der Waals surface area contributed by atoms with Crippen LogP contribution >= 0.6 is 0 Å². The van der Waals surface area contributed by atoms with E-state index in [1.165, 1.54) is 13.8 Å². The molecule has 0 aromatic rings. The van der Waals surface area contributed by atoms with Gasteiger partial charge in [-0.05, 0) is 13.8 Å². The largest absolute Gasteiger partial charge is 0.452 e. The van der Waals surface area contributed by atoms with Gasteiger partial charge in [-0.25, -0.2) is 0 Å². The first-order valence-electron chi connectivity index (χ1n) is 4.67. The summed E-state index contributed by atoms with van der Waals surface area (Å²) in [6, 6.07) is 0. The van der Waals surface area contributed by atoms with E-state index in [1.54, 1.807) is 0 Å². The van der Waals surface area contributed by atoms with Crippen LogP contribution in [0.4, 0.5) is 0 Å². The second kappa shape index (κ2) is 5.07. The van der Waals surface area contributed by atoms with Gasteiger partial charge in [-0.15, -0.1) is 0 Å². The zero-order valence-corrected chi connectivity index (χ0v) is 9.77. The number of esters is 2. The van der Waals surface area contributed by atoms with E-state index in [9.17, 15) is 19.5 Å². The molecule has 16 heavy (non-hydrogen) atoms. The minimum atomic E-state index is -1.72. The molecule has 0 aliphatic carbocycles. The van der Waals surface area contributed by atoms with Gasteiger partial charge in [0.2, 0.25) is 5.60 Å². The maximum atomic E-state index is 11.0. The maximum Gasteiger partial charge on any atom is 0.303 e. The topological polar surface area (TPSA) is 89.9 Å². The highest BCUT2D eigenvalue weighted by atomic mass is 16.6. The highest BCUT2D eigenvalue weighted by molar-refractivity contribution is 5.75. The van der Waals surface area contributed by atoms with E-state index in [0.29, 0.717) is 6.29 Å². The second-order valence-electron chi connectivity index (χ2n) is 3.80. The lowest BCUT2D eigenvalue weighted by Gasteiger charge is -2.39. The van der Waals surface area contributed by atoms with Crippen molar-refractivity contribution >= 4 is 18.2 Å². The Morgan fingerprint density at radius 1 is 1.19 bits per heavy atom. The van der Waals surface area contributed by atoms with Crippen LogP contribution in [0.2, 0.25) is 0 Å². The molecule has 1 N–H and O–H groups in total. The lowest BCUT2D eigenvalue weighted by Crippen LogP contribution is -2.58. The fraction of sp³-hybridized carbons (Fsp3) is 0.700. The summed E-state index contributed by atoms with van der Waals surface area (Å²) in [5.74, 6) is -1.39. The predicted octanol–water partition coefficient (Wildman–Crippen LogP) is -0.179. The highest BCUT2D eigenvalue weighted by Crippen LogP contribution is 2.28. The van der Waals surface area contributed by atoms with Crippen LogP contribution in [0.5, 0.6) is 0 Å². The number of hydrogen-bond acceptors (Lipinski definition) is 6. The average Bonchev–Trinajstić information content (AvgIpc) is 2.15. The Hall–Kier alpha value is -1.43. The maximum absolute atomic E-state index is 11.0. The summed E-state index contributed by atoms with van der Waals surface area (Å²) in [5.41, 5.74) is -3.33. The molecular weight excluding hydrogens is 216 g/mol. The minimum Gasteiger partial charge on any atom is -0.452 e. The lowest BCUT2D eigenvalue weighted by atomic mass is 9.87. The zero-order chi connectivity index (χ0) is 13.0. The van der Waals surface area contributed by atoms with Gasteiger partial charge < -0.3 is 14.6 Å². The zero-order valence-electron chi connectivity index (χ0n) is 9.77. The van der Waals surface area contributed by atoms with Crippen LogP contribution in [0.1, 0.15) is 27.7 Å². The molecule has 92 valence electrons. The molecule has 0 amide bonds. The van der Waals surface area contributed by atoms with Gasteiger partial charge >= 0.3 is 11.9 Å². The normalized spacial score (nSPS) is 17.8. The molecule has 0 heterocycles. The fourth-order valence-corrected chi connectivity index (χ4v) is 1.16. The first-order chi connectivity index (χ1) is 7.20. The van der Waals surface area contributed by atoms with Gasteiger partial charge in [-0.1, -0.05) is 0 Å². The Kier molecular flexibility index (Phi) is 4.61. The molecule has 0 aliphatic heterocycles. The summed E-state index contributed by atoms with van der Waals surface area (Å²) >= 11 is 0. The van der Waals surface area contributed by atoms with Crippen LogP contribution in [0.15, 0.2) is 0 Å². The van der Waals surface area contributed by atoms with Crippen molar-refractivity contribution in [3.63, 3.8) is 0 Å². The monoisotopic (exact) mass is 232 g/mol. The molecule has 0 fully saturated rings. The van der Waals surface area contributed by atoms with Crippen LogP contribution in [0.25, 0.3) is 0 Å². The summed E-state index contributed by atoms with van der Waals surface area (Å²) in [4.78, 5) is 32.7. The number of aldehydes is 1. The van der Waals surface area contributed by atoms with Crippen molar-refractivity contribution < 1.29 is 29.0 Å². The molecule has 0 saturated heterocycles. The standard InChI is InChI=1S/C10H16O6/c1-7(13)15-9(3,5-11)10(4,6-12)16-8(2)14/h5,12H,6H2,1-4H3. The quantitative estimate of drug-likeness (QED) is 0.522. The number of carbonyl (C=O) groups excluding carboxylic acids is 3. The Balaban J connectivity index is 5.20. The van der Waals surface area contributed by atoms with E-state index in [4.69, 9.17) is 9.47 Å². The molecular formula is C10H16O6. The van der Waals surface area contributed by atoms with E-state index in [-0.39, 0.29) is 0 Å². The van der Waals surface area contributed by atoms with Crippen molar-refractivity contribution in [2.24, 2.45) is 0 Å². The van der Waals surface area contributed by atoms with Crippen LogP contribution in [-0.4, -0.2) is 41.1 Å². The number of hydrogen-bond donors (Lipinski definition) is 1. The van der Waals surface area contributed by atoms with Crippen molar-refractivity contribution in [3.8, 4) is 0 Å². The third kappa shape index (κ3) is 3.03. The third-order valence-electron chi connectivity index (χ3n) is 2.30. The fourth-order valence-electron chi connectivity index (χ4n) is 1.16. The van der Waals surface area contributed by atoms with Gasteiger partial charge in [0.1, 0.15) is 0 Å². The average molecular weight is 232 g/mol. The summed E-state index contributed by atoms with van der Waals surface area (Å²) in [6.45, 7) is 4.18. The van der Waals surface area contributed by atoms with E-state index in [2.05, 4.69) is 0 Å². The van der Waals surface area contributed by atoms with Gasteiger partial charge in [-0.3, -0.25) is 14.4 Å². The molecule has 2 atom stereocenters. The summed E-state index contributed by atoms with van der Waals surface area (Å²) < 4.78 is 9.65.